The molecule has 0 saturated heterocycles. The SMILES string of the molecule is COc1ccc(COC(=O)c2cccnc2OC)cc1Br. The molecule has 1 aromatic heterocycles. The van der Waals surface area contributed by atoms with E-state index in [4.69, 9.17) is 14.2 Å². The largest absolute Gasteiger partial charge is 0.496 e. The molecule has 0 aliphatic rings. The number of nitrogens with zero attached hydrogens (tertiary/aromatic N) is 1. The van der Waals surface area contributed by atoms with E-state index in [2.05, 4.69) is 20.9 Å². The maximum atomic E-state index is 12.0. The van der Waals surface area contributed by atoms with E-state index in [9.17, 15) is 4.79 Å². The highest BCUT2D eigenvalue weighted by Gasteiger charge is 2.14. The molecule has 2 rings (SSSR count). The van der Waals surface area contributed by atoms with E-state index in [1.165, 1.54) is 7.11 Å². The summed E-state index contributed by atoms with van der Waals surface area (Å²) in [6.07, 6.45) is 1.55. The Hall–Kier alpha value is -2.08. The fourth-order valence-corrected chi connectivity index (χ4v) is 2.32. The van der Waals surface area contributed by atoms with E-state index < -0.39 is 5.97 Å². The van der Waals surface area contributed by atoms with Crippen molar-refractivity contribution in [2.45, 2.75) is 6.61 Å². The normalized spacial score (nSPS) is 10.0. The predicted molar refractivity (Wildman–Crippen MR) is 80.6 cm³/mol. The number of carbonyl (C=O) groups excluding carboxylic acids is 1. The first-order valence-electron chi connectivity index (χ1n) is 6.14. The molecule has 0 unspecified atom stereocenters. The van der Waals surface area contributed by atoms with Crippen LogP contribution in [-0.2, 0) is 11.3 Å². The Labute approximate surface area is 131 Å². The molecule has 0 spiro atoms. The standard InChI is InChI=1S/C15H14BrNO4/c1-19-13-6-5-10(8-12(13)16)9-21-15(18)11-4-3-7-17-14(11)20-2/h3-8H,9H2,1-2H3. The number of ether oxygens (including phenoxy) is 3. The lowest BCUT2D eigenvalue weighted by molar-refractivity contribution is 0.0468. The molecule has 1 heterocycles. The van der Waals surface area contributed by atoms with Crippen molar-refractivity contribution in [3.63, 3.8) is 0 Å². The molecular weight excluding hydrogens is 338 g/mol. The molecule has 21 heavy (non-hydrogen) atoms. The number of hydrogen-bond acceptors (Lipinski definition) is 5. The third-order valence-electron chi connectivity index (χ3n) is 2.77. The van der Waals surface area contributed by atoms with Gasteiger partial charge in [0.2, 0.25) is 5.88 Å². The maximum Gasteiger partial charge on any atom is 0.343 e. The molecule has 0 amide bonds. The van der Waals surface area contributed by atoms with Crippen LogP contribution in [0.5, 0.6) is 11.6 Å². The summed E-state index contributed by atoms with van der Waals surface area (Å²) in [6.45, 7) is 0.152. The average molecular weight is 352 g/mol. The van der Waals surface area contributed by atoms with Crippen LogP contribution < -0.4 is 9.47 Å². The molecule has 6 heteroatoms. The van der Waals surface area contributed by atoms with E-state index in [0.29, 0.717) is 5.56 Å². The van der Waals surface area contributed by atoms with Gasteiger partial charge in [0.05, 0.1) is 18.7 Å². The third-order valence-corrected chi connectivity index (χ3v) is 3.39. The van der Waals surface area contributed by atoms with Crippen molar-refractivity contribution in [2.75, 3.05) is 14.2 Å². The van der Waals surface area contributed by atoms with Gasteiger partial charge in [-0.2, -0.15) is 0 Å². The number of hydrogen-bond donors (Lipinski definition) is 0. The van der Waals surface area contributed by atoms with Gasteiger partial charge in [0.15, 0.2) is 0 Å². The topological polar surface area (TPSA) is 57.7 Å². The Morgan fingerprint density at radius 3 is 2.71 bits per heavy atom. The summed E-state index contributed by atoms with van der Waals surface area (Å²) in [5.74, 6) is 0.490. The summed E-state index contributed by atoms with van der Waals surface area (Å²) >= 11 is 3.39. The molecule has 0 aliphatic heterocycles. The summed E-state index contributed by atoms with van der Waals surface area (Å²) in [4.78, 5) is 16.0. The number of rotatable bonds is 5. The molecule has 0 saturated carbocycles. The summed E-state index contributed by atoms with van der Waals surface area (Å²) in [5.41, 5.74) is 1.14. The van der Waals surface area contributed by atoms with Crippen LogP contribution >= 0.6 is 15.9 Å². The molecule has 0 fully saturated rings. The van der Waals surface area contributed by atoms with E-state index in [1.807, 2.05) is 12.1 Å². The number of carbonyl (C=O) groups is 1. The second-order valence-corrected chi connectivity index (χ2v) is 4.96. The van der Waals surface area contributed by atoms with Gasteiger partial charge >= 0.3 is 5.97 Å². The van der Waals surface area contributed by atoms with Crippen molar-refractivity contribution in [3.05, 3.63) is 52.1 Å². The van der Waals surface area contributed by atoms with E-state index in [0.717, 1.165) is 15.8 Å². The number of halogens is 1. The minimum Gasteiger partial charge on any atom is -0.496 e. The Kier molecular flexibility index (Phi) is 5.16. The lowest BCUT2D eigenvalue weighted by Gasteiger charge is -2.09. The quantitative estimate of drug-likeness (QED) is 0.774. The van der Waals surface area contributed by atoms with Gasteiger partial charge in [-0.25, -0.2) is 9.78 Å². The van der Waals surface area contributed by atoms with Gasteiger partial charge in [-0.1, -0.05) is 6.07 Å². The van der Waals surface area contributed by atoms with Crippen LogP contribution in [0.1, 0.15) is 15.9 Å². The van der Waals surface area contributed by atoms with Crippen LogP contribution in [0.4, 0.5) is 0 Å². The van der Waals surface area contributed by atoms with Gasteiger partial charge in [-0.15, -0.1) is 0 Å². The smallest absolute Gasteiger partial charge is 0.343 e. The summed E-state index contributed by atoms with van der Waals surface area (Å²) in [7, 11) is 3.05. The second kappa shape index (κ2) is 7.08. The fourth-order valence-electron chi connectivity index (χ4n) is 1.74. The molecule has 5 nitrogen and oxygen atoms in total. The van der Waals surface area contributed by atoms with Crippen molar-refractivity contribution >= 4 is 21.9 Å². The van der Waals surface area contributed by atoms with Gasteiger partial charge in [0.25, 0.3) is 0 Å². The van der Waals surface area contributed by atoms with Crippen LogP contribution in [0.15, 0.2) is 41.0 Å². The second-order valence-electron chi connectivity index (χ2n) is 4.11. The predicted octanol–water partition coefficient (Wildman–Crippen LogP) is 3.22. The number of benzene rings is 1. The van der Waals surface area contributed by atoms with Gasteiger partial charge in [0, 0.05) is 6.20 Å². The number of esters is 1. The molecular formula is C15H14BrNO4. The van der Waals surface area contributed by atoms with Gasteiger partial charge < -0.3 is 14.2 Å². The molecule has 0 atom stereocenters. The maximum absolute atomic E-state index is 12.0. The first-order valence-corrected chi connectivity index (χ1v) is 6.93. The van der Waals surface area contributed by atoms with Gasteiger partial charge in [-0.05, 0) is 45.8 Å². The zero-order valence-electron chi connectivity index (χ0n) is 11.6. The van der Waals surface area contributed by atoms with Crippen LogP contribution in [0, 0.1) is 0 Å². The Morgan fingerprint density at radius 1 is 1.24 bits per heavy atom. The summed E-state index contributed by atoms with van der Waals surface area (Å²) < 4.78 is 16.2. The summed E-state index contributed by atoms with van der Waals surface area (Å²) in [6, 6.07) is 8.74. The Bertz CT molecular complexity index is 645. The van der Waals surface area contributed by atoms with Gasteiger partial charge in [0.1, 0.15) is 17.9 Å². The minimum absolute atomic E-state index is 0.152. The van der Waals surface area contributed by atoms with Crippen LogP contribution in [-0.4, -0.2) is 25.2 Å². The Balaban J connectivity index is 2.06. The molecule has 0 bridgehead atoms. The number of pyridine rings is 1. The number of methoxy groups -OCH3 is 2. The highest BCUT2D eigenvalue weighted by Crippen LogP contribution is 2.26. The van der Waals surface area contributed by atoms with Crippen molar-refractivity contribution in [3.8, 4) is 11.6 Å². The minimum atomic E-state index is -0.480. The molecule has 0 aliphatic carbocycles. The monoisotopic (exact) mass is 351 g/mol. The highest BCUT2D eigenvalue weighted by molar-refractivity contribution is 9.10. The first kappa shape index (κ1) is 15.3. The lowest BCUT2D eigenvalue weighted by Crippen LogP contribution is -2.08. The van der Waals surface area contributed by atoms with E-state index >= 15 is 0 Å². The van der Waals surface area contributed by atoms with Crippen molar-refractivity contribution < 1.29 is 19.0 Å². The van der Waals surface area contributed by atoms with Crippen molar-refractivity contribution in [1.82, 2.24) is 4.98 Å². The van der Waals surface area contributed by atoms with Crippen LogP contribution in [0.25, 0.3) is 0 Å². The third kappa shape index (κ3) is 3.72. The molecule has 110 valence electrons. The summed E-state index contributed by atoms with van der Waals surface area (Å²) in [5, 5.41) is 0. The number of aromatic nitrogens is 1. The zero-order chi connectivity index (χ0) is 15.2. The zero-order valence-corrected chi connectivity index (χ0v) is 13.2. The van der Waals surface area contributed by atoms with E-state index in [-0.39, 0.29) is 12.5 Å². The van der Waals surface area contributed by atoms with E-state index in [1.54, 1.807) is 31.5 Å². The van der Waals surface area contributed by atoms with Crippen LogP contribution in [0.3, 0.4) is 0 Å². The first-order chi connectivity index (χ1) is 10.2. The van der Waals surface area contributed by atoms with Crippen molar-refractivity contribution in [2.24, 2.45) is 0 Å². The molecule has 0 N–H and O–H groups in total. The lowest BCUT2D eigenvalue weighted by atomic mass is 10.2. The molecule has 1 aromatic carbocycles. The van der Waals surface area contributed by atoms with Crippen LogP contribution in [0.2, 0.25) is 0 Å². The van der Waals surface area contributed by atoms with Gasteiger partial charge in [-0.3, -0.25) is 0 Å². The molecule has 2 aromatic rings. The molecule has 0 radical (unpaired) electrons. The highest BCUT2D eigenvalue weighted by atomic mass is 79.9. The average Bonchev–Trinajstić information content (AvgIpc) is 2.52. The fraction of sp³-hybridized carbons (Fsp3) is 0.200. The Morgan fingerprint density at radius 2 is 2.05 bits per heavy atom. The van der Waals surface area contributed by atoms with Crippen molar-refractivity contribution in [1.29, 1.82) is 0 Å².